The summed E-state index contributed by atoms with van der Waals surface area (Å²) in [5.74, 6) is -0.530. The highest BCUT2D eigenvalue weighted by Crippen LogP contribution is 2.33. The first-order chi connectivity index (χ1) is 15.9. The van der Waals surface area contributed by atoms with Crippen molar-refractivity contribution in [3.05, 3.63) is 83.9 Å². The summed E-state index contributed by atoms with van der Waals surface area (Å²) in [6.07, 6.45) is 0. The van der Waals surface area contributed by atoms with Gasteiger partial charge < -0.3 is 19.9 Å². The number of fused-ring (bicyclic) bond motifs is 1. The second-order valence-corrected chi connectivity index (χ2v) is 7.45. The first-order valence-corrected chi connectivity index (χ1v) is 10.3. The molecule has 4 aromatic rings. The normalized spacial score (nSPS) is 10.6. The number of carbonyl (C=O) groups excluding carboxylic acids is 1. The maximum atomic E-state index is 12.3. The number of nitrogens with zero attached hydrogens (tertiary/aromatic N) is 1. The lowest BCUT2D eigenvalue weighted by molar-refractivity contribution is -0.118. The second-order valence-electron chi connectivity index (χ2n) is 7.45. The Bertz CT molecular complexity index is 1350. The number of hydrogen-bond donors (Lipinski definition) is 2. The number of carbonyl (C=O) groups is 2. The number of carboxylic acid groups (broad SMARTS) is 1. The Morgan fingerprint density at radius 1 is 0.970 bits per heavy atom. The Labute approximate surface area is 190 Å². The van der Waals surface area contributed by atoms with Crippen molar-refractivity contribution in [3.63, 3.8) is 0 Å². The summed E-state index contributed by atoms with van der Waals surface area (Å²) in [6.45, 7) is 1.75. The van der Waals surface area contributed by atoms with Crippen molar-refractivity contribution in [1.29, 1.82) is 0 Å². The molecule has 3 aromatic carbocycles. The number of benzene rings is 3. The van der Waals surface area contributed by atoms with Crippen molar-refractivity contribution in [2.75, 3.05) is 19.0 Å². The summed E-state index contributed by atoms with van der Waals surface area (Å²) in [4.78, 5) is 28.6. The van der Waals surface area contributed by atoms with Crippen molar-refractivity contribution in [1.82, 2.24) is 4.98 Å². The van der Waals surface area contributed by atoms with Crippen molar-refractivity contribution in [3.8, 4) is 22.8 Å². The van der Waals surface area contributed by atoms with E-state index in [9.17, 15) is 14.7 Å². The van der Waals surface area contributed by atoms with Gasteiger partial charge in [-0.15, -0.1) is 0 Å². The molecule has 0 spiro atoms. The van der Waals surface area contributed by atoms with E-state index in [1.165, 1.54) is 13.2 Å². The zero-order valence-corrected chi connectivity index (χ0v) is 18.2. The summed E-state index contributed by atoms with van der Waals surface area (Å²) in [5, 5.41) is 13.0. The third-order valence-electron chi connectivity index (χ3n) is 5.07. The van der Waals surface area contributed by atoms with Crippen LogP contribution in [0.1, 0.15) is 15.9 Å². The zero-order chi connectivity index (χ0) is 23.4. The molecule has 0 bridgehead atoms. The Morgan fingerprint density at radius 2 is 1.79 bits per heavy atom. The average Bonchev–Trinajstić information content (AvgIpc) is 2.81. The highest BCUT2D eigenvalue weighted by molar-refractivity contribution is 6.03. The average molecular weight is 442 g/mol. The van der Waals surface area contributed by atoms with Crippen LogP contribution in [0.2, 0.25) is 0 Å². The van der Waals surface area contributed by atoms with Crippen LogP contribution in [0.25, 0.3) is 22.2 Å². The first-order valence-electron chi connectivity index (χ1n) is 10.3. The zero-order valence-electron chi connectivity index (χ0n) is 18.2. The SMILES string of the molecule is COc1cc(-c2cc(C(=O)O)c3ccccc3n2)ccc1OCC(=O)Nc1cccc(C)c1. The summed E-state index contributed by atoms with van der Waals surface area (Å²) in [7, 11) is 1.50. The number of aromatic carboxylic acids is 1. The number of carboxylic acids is 1. The monoisotopic (exact) mass is 442 g/mol. The van der Waals surface area contributed by atoms with Crippen molar-refractivity contribution < 1.29 is 24.2 Å². The summed E-state index contributed by atoms with van der Waals surface area (Å²) in [6, 6.07) is 21.2. The minimum absolute atomic E-state index is 0.169. The van der Waals surface area contributed by atoms with Gasteiger partial charge in [0.15, 0.2) is 18.1 Å². The lowest BCUT2D eigenvalue weighted by Gasteiger charge is -2.13. The molecule has 0 radical (unpaired) electrons. The molecule has 7 nitrogen and oxygen atoms in total. The van der Waals surface area contributed by atoms with Gasteiger partial charge in [0, 0.05) is 16.6 Å². The van der Waals surface area contributed by atoms with E-state index in [1.807, 2.05) is 37.3 Å². The van der Waals surface area contributed by atoms with Crippen LogP contribution in [-0.2, 0) is 4.79 Å². The van der Waals surface area contributed by atoms with E-state index in [0.717, 1.165) is 5.56 Å². The van der Waals surface area contributed by atoms with Gasteiger partial charge in [-0.3, -0.25) is 4.79 Å². The molecule has 1 heterocycles. The maximum Gasteiger partial charge on any atom is 0.336 e. The van der Waals surface area contributed by atoms with Crippen molar-refractivity contribution in [2.45, 2.75) is 6.92 Å². The molecule has 0 saturated carbocycles. The Hall–Kier alpha value is -4.39. The maximum absolute atomic E-state index is 12.3. The third kappa shape index (κ3) is 4.93. The first kappa shape index (κ1) is 21.8. The molecule has 166 valence electrons. The van der Waals surface area contributed by atoms with E-state index >= 15 is 0 Å². The van der Waals surface area contributed by atoms with E-state index in [2.05, 4.69) is 10.3 Å². The molecule has 0 fully saturated rings. The van der Waals surface area contributed by atoms with E-state index in [1.54, 1.807) is 36.4 Å². The van der Waals surface area contributed by atoms with E-state index in [0.29, 0.717) is 39.3 Å². The molecule has 4 rings (SSSR count). The summed E-state index contributed by atoms with van der Waals surface area (Å²) < 4.78 is 11.1. The number of anilines is 1. The lowest BCUT2D eigenvalue weighted by Crippen LogP contribution is -2.20. The number of pyridine rings is 1. The van der Waals surface area contributed by atoms with Gasteiger partial charge in [0.05, 0.1) is 23.9 Å². The van der Waals surface area contributed by atoms with Crippen LogP contribution in [0, 0.1) is 6.92 Å². The van der Waals surface area contributed by atoms with Crippen LogP contribution in [0.15, 0.2) is 72.8 Å². The van der Waals surface area contributed by atoms with Crippen LogP contribution >= 0.6 is 0 Å². The van der Waals surface area contributed by atoms with Crippen LogP contribution in [-0.4, -0.2) is 35.7 Å². The topological polar surface area (TPSA) is 97.8 Å². The summed E-state index contributed by atoms with van der Waals surface area (Å²) in [5.41, 5.74) is 3.65. The van der Waals surface area contributed by atoms with Gasteiger partial charge in [-0.2, -0.15) is 0 Å². The Kier molecular flexibility index (Phi) is 6.22. The van der Waals surface area contributed by atoms with Gasteiger partial charge >= 0.3 is 5.97 Å². The predicted octanol–water partition coefficient (Wildman–Crippen LogP) is 4.93. The molecule has 2 N–H and O–H groups in total. The van der Waals surface area contributed by atoms with Gasteiger partial charge in [-0.25, -0.2) is 9.78 Å². The highest BCUT2D eigenvalue weighted by atomic mass is 16.5. The number of methoxy groups -OCH3 is 1. The van der Waals surface area contributed by atoms with Gasteiger partial charge in [0.25, 0.3) is 5.91 Å². The largest absolute Gasteiger partial charge is 0.493 e. The molecule has 0 atom stereocenters. The molecule has 0 unspecified atom stereocenters. The molecule has 0 saturated heterocycles. The fourth-order valence-corrected chi connectivity index (χ4v) is 3.51. The number of aryl methyl sites for hydroxylation is 1. The third-order valence-corrected chi connectivity index (χ3v) is 5.07. The highest BCUT2D eigenvalue weighted by Gasteiger charge is 2.15. The van der Waals surface area contributed by atoms with Crippen LogP contribution in [0.4, 0.5) is 5.69 Å². The molecule has 1 amide bonds. The molecule has 0 aliphatic carbocycles. The number of hydrogen-bond acceptors (Lipinski definition) is 5. The van der Waals surface area contributed by atoms with Gasteiger partial charge in [-0.05, 0) is 55.0 Å². The predicted molar refractivity (Wildman–Crippen MR) is 126 cm³/mol. The minimum atomic E-state index is -1.03. The van der Waals surface area contributed by atoms with Crippen molar-refractivity contribution >= 4 is 28.5 Å². The second kappa shape index (κ2) is 9.40. The van der Waals surface area contributed by atoms with E-state index in [-0.39, 0.29) is 18.1 Å². The smallest absolute Gasteiger partial charge is 0.336 e. The van der Waals surface area contributed by atoms with Crippen LogP contribution < -0.4 is 14.8 Å². The van der Waals surface area contributed by atoms with E-state index < -0.39 is 5.97 Å². The fraction of sp³-hybridized carbons (Fsp3) is 0.115. The lowest BCUT2D eigenvalue weighted by atomic mass is 10.0. The summed E-state index contributed by atoms with van der Waals surface area (Å²) >= 11 is 0. The standard InChI is InChI=1S/C26H22N2O5/c1-16-6-5-7-18(12-16)27-25(29)15-33-23-11-10-17(13-24(23)32-2)22-14-20(26(30)31)19-8-3-4-9-21(19)28-22/h3-14H,15H2,1-2H3,(H,27,29)(H,30,31). The number of ether oxygens (including phenoxy) is 2. The molecular weight excluding hydrogens is 420 g/mol. The van der Waals surface area contributed by atoms with Gasteiger partial charge in [0.1, 0.15) is 0 Å². The molecule has 0 aliphatic rings. The Balaban J connectivity index is 1.56. The van der Waals surface area contributed by atoms with Gasteiger partial charge in [0.2, 0.25) is 0 Å². The Morgan fingerprint density at radius 3 is 2.55 bits per heavy atom. The number of rotatable bonds is 7. The number of aromatic nitrogens is 1. The molecule has 33 heavy (non-hydrogen) atoms. The van der Waals surface area contributed by atoms with E-state index in [4.69, 9.17) is 9.47 Å². The number of para-hydroxylation sites is 1. The minimum Gasteiger partial charge on any atom is -0.493 e. The molecule has 7 heteroatoms. The number of amides is 1. The van der Waals surface area contributed by atoms with Gasteiger partial charge in [-0.1, -0.05) is 30.3 Å². The molecular formula is C26H22N2O5. The molecule has 1 aromatic heterocycles. The quantitative estimate of drug-likeness (QED) is 0.421. The molecule has 0 aliphatic heterocycles. The number of nitrogens with one attached hydrogen (secondary N) is 1. The van der Waals surface area contributed by atoms with Crippen LogP contribution in [0.3, 0.4) is 0 Å². The van der Waals surface area contributed by atoms with Crippen molar-refractivity contribution in [2.24, 2.45) is 0 Å². The van der Waals surface area contributed by atoms with Crippen LogP contribution in [0.5, 0.6) is 11.5 Å². The fourth-order valence-electron chi connectivity index (χ4n) is 3.51.